The number of H-pyrrole nitrogens is 1. The van der Waals surface area contributed by atoms with Crippen LogP contribution in [0, 0.1) is 0 Å². The van der Waals surface area contributed by atoms with E-state index in [2.05, 4.69) is 10.3 Å². The van der Waals surface area contributed by atoms with Crippen molar-refractivity contribution in [3.63, 3.8) is 0 Å². The Kier molecular flexibility index (Phi) is 3.68. The number of nitrogens with one attached hydrogen (secondary N) is 2. The van der Waals surface area contributed by atoms with Crippen molar-refractivity contribution in [2.24, 2.45) is 0 Å². The van der Waals surface area contributed by atoms with Crippen LogP contribution in [0.25, 0.3) is 10.9 Å². The fourth-order valence-electron chi connectivity index (χ4n) is 3.30. The maximum atomic E-state index is 12.3. The Bertz CT molecular complexity index is 889. The summed E-state index contributed by atoms with van der Waals surface area (Å²) in [4.78, 5) is 28.6. The Hall–Kier alpha value is -2.32. The molecule has 2 saturated heterocycles. The summed E-state index contributed by atoms with van der Waals surface area (Å²) in [6.45, 7) is 8.36. The van der Waals surface area contributed by atoms with Crippen LogP contribution in [0.4, 0.5) is 10.5 Å². The predicted octanol–water partition coefficient (Wildman–Crippen LogP) is 1.91. The van der Waals surface area contributed by atoms with E-state index in [0.29, 0.717) is 12.2 Å². The second-order valence-corrected chi connectivity index (χ2v) is 7.83. The lowest BCUT2D eigenvalue weighted by Gasteiger charge is -2.32. The van der Waals surface area contributed by atoms with Gasteiger partial charge in [0.15, 0.2) is 0 Å². The molecule has 2 aromatic rings. The Balaban J connectivity index is 1.77. The van der Waals surface area contributed by atoms with Crippen LogP contribution in [0.1, 0.15) is 34.1 Å². The average molecular weight is 355 g/mol. The first-order valence-corrected chi connectivity index (χ1v) is 8.76. The van der Waals surface area contributed by atoms with Crippen molar-refractivity contribution in [2.75, 3.05) is 11.4 Å². The van der Waals surface area contributed by atoms with E-state index in [1.807, 2.05) is 52.1 Å². The standard InChI is InChI=1S/C18H22BN3O4/c1-17(2)18(3,4)26-19(25-17)12-9-11-5-7-20-15(11)13(10-12)22-8-6-14(23)21-16(22)24/h5,7,9-10,20H,6,8H2,1-4H3,(H,21,23,24). The quantitative estimate of drug-likeness (QED) is 0.807. The fourth-order valence-corrected chi connectivity index (χ4v) is 3.30. The summed E-state index contributed by atoms with van der Waals surface area (Å²) in [6.07, 6.45) is 2.10. The van der Waals surface area contributed by atoms with Gasteiger partial charge in [0.1, 0.15) is 0 Å². The van der Waals surface area contributed by atoms with Crippen molar-refractivity contribution in [2.45, 2.75) is 45.3 Å². The minimum absolute atomic E-state index is 0.254. The molecule has 3 heterocycles. The van der Waals surface area contributed by atoms with Crippen LogP contribution in [-0.4, -0.2) is 41.8 Å². The van der Waals surface area contributed by atoms with Gasteiger partial charge >= 0.3 is 13.1 Å². The summed E-state index contributed by atoms with van der Waals surface area (Å²) in [5, 5.41) is 3.33. The lowest BCUT2D eigenvalue weighted by Crippen LogP contribution is -2.50. The molecule has 0 atom stereocenters. The highest BCUT2D eigenvalue weighted by Gasteiger charge is 2.52. The lowest BCUT2D eigenvalue weighted by atomic mass is 9.78. The molecule has 0 radical (unpaired) electrons. The molecule has 7 nitrogen and oxygen atoms in total. The number of imide groups is 1. The van der Waals surface area contributed by atoms with Crippen LogP contribution in [0.5, 0.6) is 0 Å². The minimum atomic E-state index is -0.521. The summed E-state index contributed by atoms with van der Waals surface area (Å²) < 4.78 is 12.3. The molecule has 2 N–H and O–H groups in total. The summed E-state index contributed by atoms with van der Waals surface area (Å²) in [7, 11) is -0.521. The van der Waals surface area contributed by atoms with Gasteiger partial charge in [0.25, 0.3) is 0 Å². The van der Waals surface area contributed by atoms with Crippen molar-refractivity contribution in [3.05, 3.63) is 24.4 Å². The molecule has 26 heavy (non-hydrogen) atoms. The first-order chi connectivity index (χ1) is 12.2. The maximum Gasteiger partial charge on any atom is 0.494 e. The molecule has 0 unspecified atom stereocenters. The van der Waals surface area contributed by atoms with Crippen LogP contribution < -0.4 is 15.7 Å². The van der Waals surface area contributed by atoms with E-state index in [4.69, 9.17) is 9.31 Å². The molecule has 2 aliphatic heterocycles. The van der Waals surface area contributed by atoms with Gasteiger partial charge in [-0.2, -0.15) is 0 Å². The van der Waals surface area contributed by atoms with Crippen molar-refractivity contribution in [1.82, 2.24) is 10.3 Å². The van der Waals surface area contributed by atoms with E-state index in [-0.39, 0.29) is 12.3 Å². The Morgan fingerprint density at radius 2 is 1.81 bits per heavy atom. The van der Waals surface area contributed by atoms with Crippen molar-refractivity contribution >= 4 is 41.1 Å². The molecule has 4 rings (SSSR count). The van der Waals surface area contributed by atoms with Gasteiger partial charge in [0.2, 0.25) is 5.91 Å². The molecule has 2 aliphatic rings. The summed E-state index contributed by atoms with van der Waals surface area (Å²) in [5.74, 6) is -0.254. The number of anilines is 1. The van der Waals surface area contributed by atoms with Gasteiger partial charge < -0.3 is 14.3 Å². The number of carbonyl (C=O) groups is 2. The third kappa shape index (κ3) is 2.60. The zero-order chi connectivity index (χ0) is 18.7. The molecule has 8 heteroatoms. The average Bonchev–Trinajstić information content (AvgIpc) is 3.09. The number of hydrogen-bond acceptors (Lipinski definition) is 4. The second kappa shape index (κ2) is 5.59. The number of urea groups is 1. The van der Waals surface area contributed by atoms with Crippen molar-refractivity contribution in [1.29, 1.82) is 0 Å². The molecule has 136 valence electrons. The first-order valence-electron chi connectivity index (χ1n) is 8.76. The molecule has 0 spiro atoms. The number of amides is 3. The first kappa shape index (κ1) is 17.1. The van der Waals surface area contributed by atoms with Gasteiger partial charge in [-0.15, -0.1) is 0 Å². The minimum Gasteiger partial charge on any atom is -0.399 e. The molecule has 3 amide bonds. The number of carbonyl (C=O) groups excluding carboxylic acids is 2. The van der Waals surface area contributed by atoms with E-state index in [0.717, 1.165) is 16.4 Å². The van der Waals surface area contributed by atoms with Gasteiger partial charge in [0, 0.05) is 24.5 Å². The number of aromatic nitrogens is 1. The number of rotatable bonds is 2. The van der Waals surface area contributed by atoms with Gasteiger partial charge in [-0.05, 0) is 45.3 Å². The second-order valence-electron chi connectivity index (χ2n) is 7.83. The summed E-state index contributed by atoms with van der Waals surface area (Å²) in [5.41, 5.74) is 1.51. The molecule has 1 aromatic heterocycles. The monoisotopic (exact) mass is 355 g/mol. The van der Waals surface area contributed by atoms with Crippen LogP contribution >= 0.6 is 0 Å². The lowest BCUT2D eigenvalue weighted by molar-refractivity contribution is -0.120. The van der Waals surface area contributed by atoms with E-state index < -0.39 is 24.4 Å². The number of fused-ring (bicyclic) bond motifs is 1. The normalized spacial score (nSPS) is 22.2. The highest BCUT2D eigenvalue weighted by molar-refractivity contribution is 6.62. The Morgan fingerprint density at radius 1 is 1.12 bits per heavy atom. The smallest absolute Gasteiger partial charge is 0.399 e. The third-order valence-corrected chi connectivity index (χ3v) is 5.53. The Labute approximate surface area is 152 Å². The SMILES string of the molecule is CC1(C)OB(c2cc(N3CCC(=O)NC3=O)c3[nH]ccc3c2)OC1(C)C. The highest BCUT2D eigenvalue weighted by Crippen LogP contribution is 2.37. The molecule has 2 fully saturated rings. The van der Waals surface area contributed by atoms with Gasteiger partial charge in [-0.1, -0.05) is 6.07 Å². The number of benzene rings is 1. The maximum absolute atomic E-state index is 12.3. The van der Waals surface area contributed by atoms with E-state index in [9.17, 15) is 9.59 Å². The van der Waals surface area contributed by atoms with Crippen LogP contribution in [0.3, 0.4) is 0 Å². The molecule has 0 aliphatic carbocycles. The topological polar surface area (TPSA) is 83.7 Å². The zero-order valence-corrected chi connectivity index (χ0v) is 15.4. The summed E-state index contributed by atoms with van der Waals surface area (Å²) >= 11 is 0. The molecular weight excluding hydrogens is 333 g/mol. The van der Waals surface area contributed by atoms with E-state index >= 15 is 0 Å². The van der Waals surface area contributed by atoms with Crippen molar-refractivity contribution in [3.8, 4) is 0 Å². The predicted molar refractivity (Wildman–Crippen MR) is 99.5 cm³/mol. The number of aromatic amines is 1. The number of nitrogens with zero attached hydrogens (tertiary/aromatic N) is 1. The van der Waals surface area contributed by atoms with E-state index in [1.54, 1.807) is 4.90 Å². The summed E-state index contributed by atoms with van der Waals surface area (Å²) in [6, 6.07) is 5.43. The third-order valence-electron chi connectivity index (χ3n) is 5.53. The molecule has 0 saturated carbocycles. The highest BCUT2D eigenvalue weighted by atomic mass is 16.7. The van der Waals surface area contributed by atoms with Gasteiger partial charge in [-0.25, -0.2) is 4.79 Å². The zero-order valence-electron chi connectivity index (χ0n) is 15.4. The molecular formula is C18H22BN3O4. The van der Waals surface area contributed by atoms with Crippen molar-refractivity contribution < 1.29 is 18.9 Å². The van der Waals surface area contributed by atoms with Gasteiger partial charge in [0.05, 0.1) is 22.4 Å². The van der Waals surface area contributed by atoms with E-state index in [1.165, 1.54) is 0 Å². The van der Waals surface area contributed by atoms with Crippen LogP contribution in [0.15, 0.2) is 24.4 Å². The molecule has 1 aromatic carbocycles. The largest absolute Gasteiger partial charge is 0.494 e. The van der Waals surface area contributed by atoms with Crippen LogP contribution in [-0.2, 0) is 14.1 Å². The van der Waals surface area contributed by atoms with Gasteiger partial charge in [-0.3, -0.25) is 15.0 Å². The van der Waals surface area contributed by atoms with Crippen LogP contribution in [0.2, 0.25) is 0 Å². The molecule has 0 bridgehead atoms. The Morgan fingerprint density at radius 3 is 2.46 bits per heavy atom. The fraction of sp³-hybridized carbons (Fsp3) is 0.444. The number of hydrogen-bond donors (Lipinski definition) is 2.